The van der Waals surface area contributed by atoms with Crippen molar-refractivity contribution in [3.8, 4) is 0 Å². The Labute approximate surface area is 107 Å². The third kappa shape index (κ3) is 3.96. The highest BCUT2D eigenvalue weighted by molar-refractivity contribution is 4.93. The molecule has 17 heavy (non-hydrogen) atoms. The van der Waals surface area contributed by atoms with Crippen LogP contribution in [0, 0.1) is 0 Å². The lowest BCUT2D eigenvalue weighted by molar-refractivity contribution is 0.180. The van der Waals surface area contributed by atoms with E-state index in [0.29, 0.717) is 0 Å². The Bertz CT molecular complexity index is 205. The zero-order valence-corrected chi connectivity index (χ0v) is 11.6. The van der Waals surface area contributed by atoms with Crippen molar-refractivity contribution in [3.05, 3.63) is 0 Å². The third-order valence-corrected chi connectivity index (χ3v) is 4.54. The van der Waals surface area contributed by atoms with Crippen molar-refractivity contribution in [2.75, 3.05) is 19.6 Å². The fourth-order valence-corrected chi connectivity index (χ4v) is 3.50. The van der Waals surface area contributed by atoms with E-state index in [-0.39, 0.29) is 0 Å². The first-order valence-corrected chi connectivity index (χ1v) is 7.89. The predicted octanol–water partition coefficient (Wildman–Crippen LogP) is 3.17. The molecule has 0 spiro atoms. The average Bonchev–Trinajstić information content (AvgIpc) is 2.77. The second kappa shape index (κ2) is 7.38. The van der Waals surface area contributed by atoms with Gasteiger partial charge in [-0.15, -0.1) is 0 Å². The molecule has 0 radical (unpaired) electrons. The number of hydrogen-bond donors (Lipinski definition) is 1. The largest absolute Gasteiger partial charge is 0.312 e. The van der Waals surface area contributed by atoms with Crippen molar-refractivity contribution in [1.29, 1.82) is 0 Å². The van der Waals surface area contributed by atoms with Crippen molar-refractivity contribution < 1.29 is 0 Å². The summed E-state index contributed by atoms with van der Waals surface area (Å²) in [5, 5.41) is 3.82. The molecule has 2 fully saturated rings. The molecule has 2 aliphatic rings. The van der Waals surface area contributed by atoms with Gasteiger partial charge in [0.2, 0.25) is 0 Å². The zero-order chi connectivity index (χ0) is 11.9. The zero-order valence-electron chi connectivity index (χ0n) is 11.6. The molecule has 2 aliphatic heterocycles. The van der Waals surface area contributed by atoms with Crippen molar-refractivity contribution in [2.24, 2.45) is 0 Å². The Kier molecular flexibility index (Phi) is 5.79. The van der Waals surface area contributed by atoms with Crippen LogP contribution in [0.4, 0.5) is 0 Å². The number of fused-ring (bicyclic) bond motifs is 1. The van der Waals surface area contributed by atoms with Gasteiger partial charge in [-0.3, -0.25) is 4.90 Å². The standard InChI is InChI=1S/C15H30N2/c1-2-3-4-5-7-11-16-14-10-13-17-12-8-6-9-15(14)17/h14-16H,2-13H2,1H3. The Morgan fingerprint density at radius 3 is 2.76 bits per heavy atom. The Morgan fingerprint density at radius 2 is 1.88 bits per heavy atom. The van der Waals surface area contributed by atoms with Gasteiger partial charge in [0.05, 0.1) is 0 Å². The summed E-state index contributed by atoms with van der Waals surface area (Å²) < 4.78 is 0. The molecule has 0 bridgehead atoms. The van der Waals surface area contributed by atoms with E-state index in [0.717, 1.165) is 12.1 Å². The second-order valence-electron chi connectivity index (χ2n) is 5.86. The number of unbranched alkanes of at least 4 members (excludes halogenated alkanes) is 4. The first-order chi connectivity index (χ1) is 8.42. The molecule has 0 aliphatic carbocycles. The minimum absolute atomic E-state index is 0.807. The molecule has 0 aromatic carbocycles. The summed E-state index contributed by atoms with van der Waals surface area (Å²) >= 11 is 0. The number of hydrogen-bond acceptors (Lipinski definition) is 2. The molecule has 0 aromatic heterocycles. The Hall–Kier alpha value is -0.0800. The molecule has 2 atom stereocenters. The van der Waals surface area contributed by atoms with E-state index in [1.165, 1.54) is 77.4 Å². The molecule has 2 rings (SSSR count). The summed E-state index contributed by atoms with van der Waals surface area (Å²) in [5.74, 6) is 0. The van der Waals surface area contributed by atoms with Crippen LogP contribution in [0.1, 0.15) is 64.7 Å². The van der Waals surface area contributed by atoms with E-state index in [1.54, 1.807) is 0 Å². The van der Waals surface area contributed by atoms with E-state index in [1.807, 2.05) is 0 Å². The van der Waals surface area contributed by atoms with Gasteiger partial charge in [-0.1, -0.05) is 39.0 Å². The van der Waals surface area contributed by atoms with Crippen LogP contribution in [0.3, 0.4) is 0 Å². The van der Waals surface area contributed by atoms with Crippen LogP contribution in [0.5, 0.6) is 0 Å². The van der Waals surface area contributed by atoms with E-state index in [9.17, 15) is 0 Å². The lowest BCUT2D eigenvalue weighted by Crippen LogP contribution is -2.45. The van der Waals surface area contributed by atoms with Gasteiger partial charge in [0.15, 0.2) is 0 Å². The van der Waals surface area contributed by atoms with Crippen LogP contribution in [0.25, 0.3) is 0 Å². The molecule has 0 saturated carbocycles. The van der Waals surface area contributed by atoms with Gasteiger partial charge in [-0.05, 0) is 38.8 Å². The lowest BCUT2D eigenvalue weighted by Gasteiger charge is -2.32. The van der Waals surface area contributed by atoms with Crippen molar-refractivity contribution in [3.63, 3.8) is 0 Å². The van der Waals surface area contributed by atoms with Crippen LogP contribution in [-0.4, -0.2) is 36.6 Å². The predicted molar refractivity (Wildman–Crippen MR) is 74.4 cm³/mol. The highest BCUT2D eigenvalue weighted by atomic mass is 15.2. The molecule has 1 N–H and O–H groups in total. The molecule has 2 nitrogen and oxygen atoms in total. The van der Waals surface area contributed by atoms with Gasteiger partial charge < -0.3 is 5.32 Å². The topological polar surface area (TPSA) is 15.3 Å². The fraction of sp³-hybridized carbons (Fsp3) is 1.00. The summed E-state index contributed by atoms with van der Waals surface area (Å²) in [5.41, 5.74) is 0. The summed E-state index contributed by atoms with van der Waals surface area (Å²) in [6.07, 6.45) is 12.7. The minimum Gasteiger partial charge on any atom is -0.312 e. The fourth-order valence-electron chi connectivity index (χ4n) is 3.50. The van der Waals surface area contributed by atoms with E-state index in [4.69, 9.17) is 0 Å². The lowest BCUT2D eigenvalue weighted by atomic mass is 9.99. The van der Waals surface area contributed by atoms with Crippen LogP contribution in [0.15, 0.2) is 0 Å². The van der Waals surface area contributed by atoms with Crippen molar-refractivity contribution in [2.45, 2.75) is 76.8 Å². The Balaban J connectivity index is 1.56. The summed E-state index contributed by atoms with van der Waals surface area (Å²) in [4.78, 5) is 2.72. The molecular weight excluding hydrogens is 208 g/mol. The number of rotatable bonds is 7. The minimum atomic E-state index is 0.807. The van der Waals surface area contributed by atoms with Crippen LogP contribution < -0.4 is 5.32 Å². The van der Waals surface area contributed by atoms with Gasteiger partial charge in [0.1, 0.15) is 0 Å². The van der Waals surface area contributed by atoms with Crippen molar-refractivity contribution in [1.82, 2.24) is 10.2 Å². The number of nitrogens with zero attached hydrogens (tertiary/aromatic N) is 1. The summed E-state index contributed by atoms with van der Waals surface area (Å²) in [6, 6.07) is 1.68. The third-order valence-electron chi connectivity index (χ3n) is 4.54. The van der Waals surface area contributed by atoms with E-state index < -0.39 is 0 Å². The highest BCUT2D eigenvalue weighted by Gasteiger charge is 2.34. The first kappa shape index (κ1) is 13.4. The van der Waals surface area contributed by atoms with Crippen LogP contribution in [0.2, 0.25) is 0 Å². The SMILES string of the molecule is CCCCCCCNC1CCN2CCCCC12. The maximum Gasteiger partial charge on any atom is 0.0249 e. The monoisotopic (exact) mass is 238 g/mol. The van der Waals surface area contributed by atoms with Gasteiger partial charge >= 0.3 is 0 Å². The van der Waals surface area contributed by atoms with Crippen LogP contribution >= 0.6 is 0 Å². The van der Waals surface area contributed by atoms with Gasteiger partial charge in [0.25, 0.3) is 0 Å². The van der Waals surface area contributed by atoms with Gasteiger partial charge in [0, 0.05) is 18.6 Å². The molecule has 2 unspecified atom stereocenters. The smallest absolute Gasteiger partial charge is 0.0249 e. The summed E-state index contributed by atoms with van der Waals surface area (Å²) in [6.45, 7) is 6.24. The van der Waals surface area contributed by atoms with Gasteiger partial charge in [-0.2, -0.15) is 0 Å². The quantitative estimate of drug-likeness (QED) is 0.685. The maximum atomic E-state index is 3.82. The molecule has 0 aromatic rings. The molecular formula is C15H30N2. The van der Waals surface area contributed by atoms with Crippen molar-refractivity contribution >= 4 is 0 Å². The molecule has 2 heterocycles. The molecule has 2 heteroatoms. The normalized spacial score (nSPS) is 29.5. The van der Waals surface area contributed by atoms with E-state index in [2.05, 4.69) is 17.1 Å². The maximum absolute atomic E-state index is 3.82. The molecule has 0 amide bonds. The van der Waals surface area contributed by atoms with E-state index >= 15 is 0 Å². The second-order valence-corrected chi connectivity index (χ2v) is 5.86. The summed E-state index contributed by atoms with van der Waals surface area (Å²) in [7, 11) is 0. The number of piperidine rings is 1. The Morgan fingerprint density at radius 1 is 1.00 bits per heavy atom. The first-order valence-electron chi connectivity index (χ1n) is 7.89. The average molecular weight is 238 g/mol. The van der Waals surface area contributed by atoms with Crippen LogP contribution in [-0.2, 0) is 0 Å². The highest BCUT2D eigenvalue weighted by Crippen LogP contribution is 2.27. The molecule has 100 valence electrons. The molecule has 2 saturated heterocycles. The van der Waals surface area contributed by atoms with Gasteiger partial charge in [-0.25, -0.2) is 0 Å². The number of nitrogens with one attached hydrogen (secondary N) is 1.